The summed E-state index contributed by atoms with van der Waals surface area (Å²) >= 11 is 0. The second-order valence-electron chi connectivity index (χ2n) is 3.52. The normalized spacial score (nSPS) is 10.2. The fraction of sp³-hybridized carbons (Fsp3) is 0.182. The Balaban J connectivity index is 2.45. The summed E-state index contributed by atoms with van der Waals surface area (Å²) in [6.07, 6.45) is 0. The highest BCUT2D eigenvalue weighted by Gasteiger charge is 2.08. The average Bonchev–Trinajstić information content (AvgIpc) is 2.30. The average molecular weight is 215 g/mol. The van der Waals surface area contributed by atoms with Crippen molar-refractivity contribution in [1.82, 2.24) is 15.2 Å². The van der Waals surface area contributed by atoms with E-state index in [-0.39, 0.29) is 0 Å². The number of anilines is 1. The molecule has 0 bridgehead atoms. The van der Waals surface area contributed by atoms with Gasteiger partial charge in [-0.25, -0.2) is 10.8 Å². The second-order valence-corrected chi connectivity index (χ2v) is 3.52. The van der Waals surface area contributed by atoms with Crippen LogP contribution in [0.5, 0.6) is 0 Å². The molecule has 2 rings (SSSR count). The molecule has 1 aromatic carbocycles. The van der Waals surface area contributed by atoms with Gasteiger partial charge in [0, 0.05) is 12.6 Å². The van der Waals surface area contributed by atoms with Crippen molar-refractivity contribution >= 4 is 5.95 Å². The Labute approximate surface area is 93.9 Å². The lowest BCUT2D eigenvalue weighted by atomic mass is 10.1. The molecule has 2 N–H and O–H groups in total. The topological polar surface area (TPSA) is 67.9 Å². The molecule has 0 unspecified atom stereocenters. The summed E-state index contributed by atoms with van der Waals surface area (Å²) in [6, 6.07) is 9.83. The van der Waals surface area contributed by atoms with Crippen molar-refractivity contribution in [3.63, 3.8) is 0 Å². The van der Waals surface area contributed by atoms with Crippen LogP contribution in [-0.4, -0.2) is 22.2 Å². The van der Waals surface area contributed by atoms with Crippen LogP contribution in [0.4, 0.5) is 5.95 Å². The van der Waals surface area contributed by atoms with Crippen LogP contribution in [0, 0.1) is 6.92 Å². The third kappa shape index (κ3) is 1.99. The van der Waals surface area contributed by atoms with Gasteiger partial charge >= 0.3 is 0 Å². The monoisotopic (exact) mass is 215 g/mol. The fourth-order valence-electron chi connectivity index (χ4n) is 1.40. The van der Waals surface area contributed by atoms with E-state index in [1.807, 2.05) is 37.3 Å². The highest BCUT2D eigenvalue weighted by molar-refractivity contribution is 5.61. The minimum absolute atomic E-state index is 0.414. The van der Waals surface area contributed by atoms with Gasteiger partial charge in [-0.1, -0.05) is 30.3 Å². The minimum Gasteiger partial charge on any atom is -0.281 e. The Hall–Kier alpha value is -2.01. The maximum absolute atomic E-state index is 5.54. The number of hydrogen-bond acceptors (Lipinski definition) is 5. The third-order valence-electron chi connectivity index (χ3n) is 2.21. The number of aromatic nitrogens is 3. The van der Waals surface area contributed by atoms with Gasteiger partial charge in [-0.3, -0.25) is 5.01 Å². The van der Waals surface area contributed by atoms with E-state index >= 15 is 0 Å². The molecule has 0 amide bonds. The molecule has 0 aliphatic carbocycles. The van der Waals surface area contributed by atoms with Crippen LogP contribution >= 0.6 is 0 Å². The Kier molecular flexibility index (Phi) is 2.78. The summed E-state index contributed by atoms with van der Waals surface area (Å²) in [5.41, 5.74) is 2.60. The molecule has 0 fully saturated rings. The van der Waals surface area contributed by atoms with Gasteiger partial charge in [0.25, 0.3) is 5.95 Å². The molecule has 0 radical (unpaired) electrons. The van der Waals surface area contributed by atoms with Crippen molar-refractivity contribution in [3.05, 3.63) is 36.0 Å². The highest BCUT2D eigenvalue weighted by Crippen LogP contribution is 2.19. The molecule has 1 aromatic heterocycles. The predicted octanol–water partition coefficient (Wildman–Crippen LogP) is 1.16. The Morgan fingerprint density at radius 2 is 1.81 bits per heavy atom. The van der Waals surface area contributed by atoms with Crippen LogP contribution in [0.25, 0.3) is 11.3 Å². The van der Waals surface area contributed by atoms with E-state index in [2.05, 4.69) is 15.2 Å². The second kappa shape index (κ2) is 4.24. The van der Waals surface area contributed by atoms with Crippen LogP contribution < -0.4 is 10.9 Å². The molecule has 5 nitrogen and oxygen atoms in total. The van der Waals surface area contributed by atoms with E-state index < -0.39 is 0 Å². The van der Waals surface area contributed by atoms with Crippen LogP contribution in [0.15, 0.2) is 30.3 Å². The molecular formula is C11H13N5. The van der Waals surface area contributed by atoms with Crippen molar-refractivity contribution < 1.29 is 0 Å². The third-order valence-corrected chi connectivity index (χ3v) is 2.21. The van der Waals surface area contributed by atoms with Gasteiger partial charge in [-0.2, -0.15) is 0 Å². The van der Waals surface area contributed by atoms with Crippen molar-refractivity contribution in [2.75, 3.05) is 12.1 Å². The smallest absolute Gasteiger partial charge is 0.259 e. The zero-order valence-corrected chi connectivity index (χ0v) is 9.25. The number of nitrogens with zero attached hydrogens (tertiary/aromatic N) is 4. The van der Waals surface area contributed by atoms with Crippen molar-refractivity contribution in [1.29, 1.82) is 0 Å². The number of hydrazine groups is 1. The molecule has 5 heteroatoms. The first-order valence-corrected chi connectivity index (χ1v) is 4.93. The molecule has 0 saturated heterocycles. The summed E-state index contributed by atoms with van der Waals surface area (Å²) in [6.45, 7) is 1.89. The number of benzene rings is 1. The number of nitrogens with two attached hydrogens (primary N) is 1. The molecule has 0 saturated carbocycles. The van der Waals surface area contributed by atoms with Gasteiger partial charge in [0.2, 0.25) is 0 Å². The summed E-state index contributed by atoms with van der Waals surface area (Å²) in [5, 5.41) is 9.43. The van der Waals surface area contributed by atoms with Crippen molar-refractivity contribution in [2.45, 2.75) is 6.92 Å². The quantitative estimate of drug-likeness (QED) is 0.601. The molecule has 82 valence electrons. The lowest BCUT2D eigenvalue weighted by Gasteiger charge is -2.10. The zero-order chi connectivity index (χ0) is 11.5. The first-order valence-electron chi connectivity index (χ1n) is 4.93. The fourth-order valence-corrected chi connectivity index (χ4v) is 1.40. The van der Waals surface area contributed by atoms with Crippen molar-refractivity contribution in [3.8, 4) is 11.3 Å². The SMILES string of the molecule is Cc1nc(N(C)N)nnc1-c1ccccc1. The molecule has 0 aliphatic rings. The van der Waals surface area contributed by atoms with Gasteiger partial charge in [0.05, 0.1) is 5.69 Å². The summed E-state index contributed by atoms with van der Waals surface area (Å²) in [4.78, 5) is 4.28. The largest absolute Gasteiger partial charge is 0.281 e. The molecule has 1 heterocycles. The van der Waals surface area contributed by atoms with Crippen LogP contribution in [-0.2, 0) is 0 Å². The van der Waals surface area contributed by atoms with Crippen LogP contribution in [0.1, 0.15) is 5.69 Å². The van der Waals surface area contributed by atoms with Gasteiger partial charge in [0.15, 0.2) is 0 Å². The predicted molar refractivity (Wildman–Crippen MR) is 62.6 cm³/mol. The summed E-state index contributed by atoms with van der Waals surface area (Å²) < 4.78 is 0. The lowest BCUT2D eigenvalue weighted by Crippen LogP contribution is -2.27. The minimum atomic E-state index is 0.414. The lowest BCUT2D eigenvalue weighted by molar-refractivity contribution is 0.858. The van der Waals surface area contributed by atoms with E-state index in [4.69, 9.17) is 5.84 Å². The van der Waals surface area contributed by atoms with Gasteiger partial charge in [-0.15, -0.1) is 10.2 Å². The van der Waals surface area contributed by atoms with Crippen molar-refractivity contribution in [2.24, 2.45) is 5.84 Å². The molecule has 0 spiro atoms. The van der Waals surface area contributed by atoms with Gasteiger partial charge < -0.3 is 0 Å². The van der Waals surface area contributed by atoms with E-state index in [0.717, 1.165) is 17.0 Å². The van der Waals surface area contributed by atoms with E-state index in [1.165, 1.54) is 5.01 Å². The van der Waals surface area contributed by atoms with Gasteiger partial charge in [0.1, 0.15) is 5.69 Å². The Bertz CT molecular complexity index is 481. The number of aryl methyl sites for hydroxylation is 1. The maximum atomic E-state index is 5.54. The Morgan fingerprint density at radius 1 is 1.12 bits per heavy atom. The molecule has 0 atom stereocenters. The standard InChI is InChI=1S/C11H13N5/c1-8-10(9-6-4-3-5-7-9)14-15-11(13-8)16(2)12/h3-7H,12H2,1-2H3. The summed E-state index contributed by atoms with van der Waals surface area (Å²) in [5.74, 6) is 5.95. The Morgan fingerprint density at radius 3 is 2.38 bits per heavy atom. The van der Waals surface area contributed by atoms with E-state index in [1.54, 1.807) is 7.05 Å². The number of hydrogen-bond donors (Lipinski definition) is 1. The zero-order valence-electron chi connectivity index (χ0n) is 9.25. The first-order chi connectivity index (χ1) is 7.68. The highest BCUT2D eigenvalue weighted by atomic mass is 15.5. The molecule has 16 heavy (non-hydrogen) atoms. The summed E-state index contributed by atoms with van der Waals surface area (Å²) in [7, 11) is 1.68. The molecular weight excluding hydrogens is 202 g/mol. The molecule has 2 aromatic rings. The number of rotatable bonds is 2. The first kappa shape index (κ1) is 10.5. The van der Waals surface area contributed by atoms with E-state index in [0.29, 0.717) is 5.95 Å². The van der Waals surface area contributed by atoms with Gasteiger partial charge in [-0.05, 0) is 6.92 Å². The molecule has 0 aliphatic heterocycles. The van der Waals surface area contributed by atoms with E-state index in [9.17, 15) is 0 Å². The maximum Gasteiger partial charge on any atom is 0.259 e. The van der Waals surface area contributed by atoms with Crippen LogP contribution in [0.2, 0.25) is 0 Å². The van der Waals surface area contributed by atoms with Crippen LogP contribution in [0.3, 0.4) is 0 Å².